The van der Waals surface area contributed by atoms with E-state index in [1.807, 2.05) is 19.2 Å². The predicted octanol–water partition coefficient (Wildman–Crippen LogP) is 1.61. The second-order valence-corrected chi connectivity index (χ2v) is 5.63. The zero-order valence-electron chi connectivity index (χ0n) is 13.2. The van der Waals surface area contributed by atoms with Crippen molar-refractivity contribution >= 4 is 22.7 Å². The number of anilines is 2. The van der Waals surface area contributed by atoms with Crippen molar-refractivity contribution in [3.63, 3.8) is 0 Å². The number of nitrogens with one attached hydrogen (secondary N) is 3. The Morgan fingerprint density at radius 2 is 2.33 bits per heavy atom. The third-order valence-electron chi connectivity index (χ3n) is 3.95. The zero-order chi connectivity index (χ0) is 16.5. The van der Waals surface area contributed by atoms with Crippen LogP contribution < -0.4 is 15.4 Å². The molecule has 3 aromatic heterocycles. The fourth-order valence-corrected chi connectivity index (χ4v) is 2.67. The van der Waals surface area contributed by atoms with Gasteiger partial charge >= 0.3 is 0 Å². The van der Waals surface area contributed by atoms with Crippen molar-refractivity contribution in [1.29, 1.82) is 0 Å². The number of nitrogens with zero attached hydrogens (tertiary/aromatic N) is 4. The molecule has 1 fully saturated rings. The smallest absolute Gasteiger partial charge is 0.232 e. The van der Waals surface area contributed by atoms with E-state index in [1.165, 1.54) is 0 Å². The molecule has 3 N–H and O–H groups in total. The van der Waals surface area contributed by atoms with Gasteiger partial charge in [-0.3, -0.25) is 4.68 Å². The Morgan fingerprint density at radius 3 is 3.08 bits per heavy atom. The first kappa shape index (κ1) is 14.9. The predicted molar refractivity (Wildman–Crippen MR) is 87.3 cm³/mol. The largest absolute Gasteiger partial charge is 0.469 e. The molecule has 0 aliphatic carbocycles. The van der Waals surface area contributed by atoms with Crippen molar-refractivity contribution in [2.75, 3.05) is 18.4 Å². The standard InChI is InChI=1S/C15H18FN7O/c1-2-23-8-9(5-19-23)20-15-21-13-10(3-4-18-13)14(22-15)24-12-7-17-6-11(12)16/h3-5,8,11-12,17H,2,6-7H2,1H3,(H2,18,20,21,22)/t11-,12+/m1/s1. The molecule has 0 saturated carbocycles. The van der Waals surface area contributed by atoms with Gasteiger partial charge in [-0.05, 0) is 13.0 Å². The minimum absolute atomic E-state index is 0.299. The fourth-order valence-electron chi connectivity index (χ4n) is 2.67. The third kappa shape index (κ3) is 2.78. The topological polar surface area (TPSA) is 92.7 Å². The lowest BCUT2D eigenvalue weighted by atomic mass is 10.3. The van der Waals surface area contributed by atoms with Crippen LogP contribution in [0.5, 0.6) is 5.88 Å². The van der Waals surface area contributed by atoms with Crippen LogP contribution in [0.3, 0.4) is 0 Å². The third-order valence-corrected chi connectivity index (χ3v) is 3.95. The lowest BCUT2D eigenvalue weighted by Crippen LogP contribution is -2.27. The van der Waals surface area contributed by atoms with E-state index in [0.29, 0.717) is 30.6 Å². The first-order chi connectivity index (χ1) is 11.7. The molecule has 9 heteroatoms. The molecule has 0 amide bonds. The van der Waals surface area contributed by atoms with Gasteiger partial charge in [0.15, 0.2) is 6.17 Å². The molecule has 2 atom stereocenters. The van der Waals surface area contributed by atoms with Crippen LogP contribution in [-0.2, 0) is 6.54 Å². The summed E-state index contributed by atoms with van der Waals surface area (Å²) >= 11 is 0. The van der Waals surface area contributed by atoms with E-state index in [-0.39, 0.29) is 0 Å². The molecule has 0 bridgehead atoms. The highest BCUT2D eigenvalue weighted by Gasteiger charge is 2.29. The summed E-state index contributed by atoms with van der Waals surface area (Å²) in [5.74, 6) is 0.736. The van der Waals surface area contributed by atoms with E-state index in [1.54, 1.807) is 17.1 Å². The molecule has 1 saturated heterocycles. The molecule has 0 radical (unpaired) electrons. The zero-order valence-corrected chi connectivity index (χ0v) is 13.2. The van der Waals surface area contributed by atoms with Gasteiger partial charge in [0, 0.05) is 32.0 Å². The number of rotatable bonds is 5. The first-order valence-corrected chi connectivity index (χ1v) is 7.89. The maximum absolute atomic E-state index is 13.8. The Kier molecular flexibility index (Phi) is 3.77. The summed E-state index contributed by atoms with van der Waals surface area (Å²) in [6.45, 7) is 3.54. The Labute approximate surface area is 137 Å². The van der Waals surface area contributed by atoms with Crippen LogP contribution in [0, 0.1) is 0 Å². The van der Waals surface area contributed by atoms with Gasteiger partial charge in [0.25, 0.3) is 0 Å². The van der Waals surface area contributed by atoms with Crippen LogP contribution in [0.2, 0.25) is 0 Å². The molecule has 0 aromatic carbocycles. The van der Waals surface area contributed by atoms with E-state index >= 15 is 0 Å². The van der Waals surface area contributed by atoms with Gasteiger partial charge in [-0.15, -0.1) is 0 Å². The Morgan fingerprint density at radius 1 is 1.42 bits per heavy atom. The minimum atomic E-state index is -1.05. The van der Waals surface area contributed by atoms with Gasteiger partial charge in [0.05, 0.1) is 17.3 Å². The SMILES string of the molecule is CCn1cc(Nc2nc(O[C@H]3CNC[C@H]3F)c3cc[nH]c3n2)cn1. The van der Waals surface area contributed by atoms with Crippen LogP contribution in [0.1, 0.15) is 6.92 Å². The maximum Gasteiger partial charge on any atom is 0.232 e. The van der Waals surface area contributed by atoms with E-state index in [4.69, 9.17) is 4.74 Å². The van der Waals surface area contributed by atoms with Crippen molar-refractivity contribution < 1.29 is 9.13 Å². The Balaban J connectivity index is 1.63. The van der Waals surface area contributed by atoms with Crippen molar-refractivity contribution in [3.8, 4) is 5.88 Å². The van der Waals surface area contributed by atoms with Crippen molar-refractivity contribution in [2.45, 2.75) is 25.7 Å². The molecule has 24 heavy (non-hydrogen) atoms. The fraction of sp³-hybridized carbons (Fsp3) is 0.400. The molecule has 126 valence electrons. The number of H-pyrrole nitrogens is 1. The molecule has 1 aliphatic rings. The van der Waals surface area contributed by atoms with Crippen molar-refractivity contribution in [1.82, 2.24) is 30.0 Å². The molecule has 1 aliphatic heterocycles. The Hall–Kier alpha value is -2.68. The Bertz CT molecular complexity index is 845. The van der Waals surface area contributed by atoms with Crippen molar-refractivity contribution in [2.24, 2.45) is 0 Å². The lowest BCUT2D eigenvalue weighted by Gasteiger charge is -2.15. The first-order valence-electron chi connectivity index (χ1n) is 7.89. The van der Waals surface area contributed by atoms with Gasteiger partial charge in [-0.2, -0.15) is 15.1 Å². The highest BCUT2D eigenvalue weighted by molar-refractivity contribution is 5.82. The van der Waals surface area contributed by atoms with Gasteiger partial charge in [0.1, 0.15) is 11.8 Å². The molecular weight excluding hydrogens is 313 g/mol. The van der Waals surface area contributed by atoms with E-state index in [2.05, 4.69) is 30.7 Å². The summed E-state index contributed by atoms with van der Waals surface area (Å²) in [7, 11) is 0. The van der Waals surface area contributed by atoms with Crippen LogP contribution in [0.15, 0.2) is 24.7 Å². The van der Waals surface area contributed by atoms with Crippen LogP contribution in [-0.4, -0.2) is 50.1 Å². The number of hydrogen-bond acceptors (Lipinski definition) is 6. The number of aromatic nitrogens is 5. The molecule has 0 spiro atoms. The average molecular weight is 331 g/mol. The lowest BCUT2D eigenvalue weighted by molar-refractivity contribution is 0.136. The number of alkyl halides is 1. The summed E-state index contributed by atoms with van der Waals surface area (Å²) in [6, 6.07) is 1.82. The monoisotopic (exact) mass is 331 g/mol. The number of aryl methyl sites for hydroxylation is 1. The van der Waals surface area contributed by atoms with E-state index in [0.717, 1.165) is 17.6 Å². The quantitative estimate of drug-likeness (QED) is 0.658. The number of aromatic amines is 1. The molecular formula is C15H18FN7O. The number of halogens is 1. The summed E-state index contributed by atoms with van der Waals surface area (Å²) in [6.07, 6.45) is 3.72. The number of fused-ring (bicyclic) bond motifs is 1. The normalized spacial score (nSPS) is 20.6. The van der Waals surface area contributed by atoms with Crippen molar-refractivity contribution in [3.05, 3.63) is 24.7 Å². The molecule has 0 unspecified atom stereocenters. The second-order valence-electron chi connectivity index (χ2n) is 5.63. The van der Waals surface area contributed by atoms with Gasteiger partial charge < -0.3 is 20.4 Å². The minimum Gasteiger partial charge on any atom is -0.469 e. The van der Waals surface area contributed by atoms with Crippen LogP contribution >= 0.6 is 0 Å². The van der Waals surface area contributed by atoms with Gasteiger partial charge in [0.2, 0.25) is 11.8 Å². The molecule has 4 rings (SSSR count). The summed E-state index contributed by atoms with van der Waals surface area (Å²) < 4.78 is 21.4. The van der Waals surface area contributed by atoms with Gasteiger partial charge in [-0.1, -0.05) is 0 Å². The van der Waals surface area contributed by atoms with E-state index in [9.17, 15) is 4.39 Å². The number of hydrogen-bond donors (Lipinski definition) is 3. The van der Waals surface area contributed by atoms with E-state index < -0.39 is 12.3 Å². The molecule has 4 heterocycles. The molecule has 8 nitrogen and oxygen atoms in total. The number of ether oxygens (including phenoxy) is 1. The van der Waals surface area contributed by atoms with Gasteiger partial charge in [-0.25, -0.2) is 4.39 Å². The van der Waals surface area contributed by atoms with Crippen LogP contribution in [0.4, 0.5) is 16.0 Å². The second kappa shape index (κ2) is 6.08. The maximum atomic E-state index is 13.8. The summed E-state index contributed by atoms with van der Waals surface area (Å²) in [5, 5.41) is 11.0. The molecule has 3 aromatic rings. The summed E-state index contributed by atoms with van der Waals surface area (Å²) in [4.78, 5) is 11.9. The summed E-state index contributed by atoms with van der Waals surface area (Å²) in [5.41, 5.74) is 1.41. The highest BCUT2D eigenvalue weighted by atomic mass is 19.1. The van der Waals surface area contributed by atoms with Crippen LogP contribution in [0.25, 0.3) is 11.0 Å². The average Bonchev–Trinajstić information content (AvgIpc) is 3.29. The highest BCUT2D eigenvalue weighted by Crippen LogP contribution is 2.26.